The van der Waals surface area contributed by atoms with Crippen molar-refractivity contribution in [3.63, 3.8) is 0 Å². The van der Waals surface area contributed by atoms with Gasteiger partial charge in [-0.3, -0.25) is 4.79 Å². The fourth-order valence-corrected chi connectivity index (χ4v) is 2.79. The average molecular weight is 263 g/mol. The molecule has 1 aliphatic carbocycles. The van der Waals surface area contributed by atoms with Crippen LogP contribution in [0.3, 0.4) is 0 Å². The van der Waals surface area contributed by atoms with E-state index >= 15 is 0 Å². The summed E-state index contributed by atoms with van der Waals surface area (Å²) in [5, 5.41) is 9.30. The molecule has 0 aromatic carbocycles. The van der Waals surface area contributed by atoms with Crippen molar-refractivity contribution < 1.29 is 9.90 Å². The Hall–Kier alpha value is -1.58. The first-order valence-electron chi connectivity index (χ1n) is 7.13. The topological polar surface area (TPSA) is 59.3 Å². The number of carboxylic acids is 1. The number of carbonyl (C=O) groups is 1. The number of rotatable bonds is 5. The highest BCUT2D eigenvalue weighted by atomic mass is 16.4. The van der Waals surface area contributed by atoms with Crippen LogP contribution < -0.4 is 5.56 Å². The second-order valence-electron chi connectivity index (χ2n) is 5.23. The predicted molar refractivity (Wildman–Crippen MR) is 73.8 cm³/mol. The van der Waals surface area contributed by atoms with Gasteiger partial charge in [-0.05, 0) is 43.2 Å². The molecule has 1 N–H and O–H groups in total. The van der Waals surface area contributed by atoms with Gasteiger partial charge in [-0.2, -0.15) is 0 Å². The number of unbranched alkanes of at least 4 members (excludes halogenated alkanes) is 2. The second-order valence-corrected chi connectivity index (χ2v) is 5.23. The van der Waals surface area contributed by atoms with Crippen LogP contribution in [0.1, 0.15) is 60.5 Å². The first-order chi connectivity index (χ1) is 9.15. The largest absolute Gasteiger partial charge is 0.477 e. The van der Waals surface area contributed by atoms with E-state index < -0.39 is 5.97 Å². The Kier molecular flexibility index (Phi) is 4.40. The Morgan fingerprint density at radius 1 is 1.32 bits per heavy atom. The quantitative estimate of drug-likeness (QED) is 0.831. The van der Waals surface area contributed by atoms with E-state index in [-0.39, 0.29) is 11.1 Å². The molecule has 0 saturated heterocycles. The van der Waals surface area contributed by atoms with Gasteiger partial charge in [0.25, 0.3) is 5.56 Å². The monoisotopic (exact) mass is 263 g/mol. The molecule has 0 spiro atoms. The molecule has 0 atom stereocenters. The van der Waals surface area contributed by atoms with E-state index in [0.29, 0.717) is 6.54 Å². The number of carboxylic acid groups (broad SMARTS) is 1. The Bertz CT molecular complexity index is 531. The maximum atomic E-state index is 12.3. The van der Waals surface area contributed by atoms with Crippen LogP contribution in [-0.2, 0) is 19.4 Å². The highest BCUT2D eigenvalue weighted by Crippen LogP contribution is 2.22. The lowest BCUT2D eigenvalue weighted by molar-refractivity contribution is 0.0692. The summed E-state index contributed by atoms with van der Waals surface area (Å²) in [5.41, 5.74) is 1.51. The highest BCUT2D eigenvalue weighted by molar-refractivity contribution is 5.89. The molecule has 0 bridgehead atoms. The van der Waals surface area contributed by atoms with E-state index in [4.69, 9.17) is 0 Å². The van der Waals surface area contributed by atoms with E-state index in [1.807, 2.05) is 6.20 Å². The molecule has 4 nitrogen and oxygen atoms in total. The third-order valence-corrected chi connectivity index (χ3v) is 3.82. The van der Waals surface area contributed by atoms with Crippen LogP contribution in [0.2, 0.25) is 0 Å². The van der Waals surface area contributed by atoms with Crippen LogP contribution in [0.25, 0.3) is 0 Å². The first kappa shape index (κ1) is 13.8. The Morgan fingerprint density at radius 2 is 2.05 bits per heavy atom. The van der Waals surface area contributed by atoms with Gasteiger partial charge in [-0.1, -0.05) is 19.8 Å². The van der Waals surface area contributed by atoms with Crippen molar-refractivity contribution in [2.45, 2.75) is 58.4 Å². The Morgan fingerprint density at radius 3 is 2.74 bits per heavy atom. The molecule has 0 radical (unpaired) electrons. The van der Waals surface area contributed by atoms with Crippen LogP contribution >= 0.6 is 0 Å². The van der Waals surface area contributed by atoms with E-state index in [1.54, 1.807) is 4.57 Å². The number of pyridine rings is 1. The second kappa shape index (κ2) is 6.04. The standard InChI is InChI=1S/C15H21NO3/c1-2-3-6-9-16-10-11-7-4-5-8-12(11)13(14(16)17)15(18)19/h10H,2-9H2,1H3,(H,18,19). The van der Waals surface area contributed by atoms with Crippen LogP contribution in [-0.4, -0.2) is 15.6 Å². The lowest BCUT2D eigenvalue weighted by atomic mass is 9.90. The van der Waals surface area contributed by atoms with E-state index in [2.05, 4.69) is 6.92 Å². The number of nitrogens with zero attached hydrogens (tertiary/aromatic N) is 1. The molecule has 1 aromatic rings. The number of fused-ring (bicyclic) bond motifs is 1. The molecule has 1 aliphatic rings. The molecule has 0 fully saturated rings. The van der Waals surface area contributed by atoms with Gasteiger partial charge in [-0.15, -0.1) is 0 Å². The number of hydrogen-bond donors (Lipinski definition) is 1. The van der Waals surface area contributed by atoms with E-state index in [0.717, 1.165) is 56.1 Å². The molecule has 2 rings (SSSR count). The third-order valence-electron chi connectivity index (χ3n) is 3.82. The Labute approximate surface area is 113 Å². The molecule has 0 saturated carbocycles. The lowest BCUT2D eigenvalue weighted by Crippen LogP contribution is -2.30. The highest BCUT2D eigenvalue weighted by Gasteiger charge is 2.22. The van der Waals surface area contributed by atoms with Crippen molar-refractivity contribution in [1.29, 1.82) is 0 Å². The van der Waals surface area contributed by atoms with Gasteiger partial charge in [0.05, 0.1) is 0 Å². The molecule has 0 amide bonds. The zero-order valence-corrected chi connectivity index (χ0v) is 11.4. The summed E-state index contributed by atoms with van der Waals surface area (Å²) in [4.78, 5) is 23.6. The molecule has 1 aromatic heterocycles. The minimum atomic E-state index is -1.08. The summed E-state index contributed by atoms with van der Waals surface area (Å²) in [7, 11) is 0. The molecular weight excluding hydrogens is 242 g/mol. The van der Waals surface area contributed by atoms with Crippen LogP contribution in [0, 0.1) is 0 Å². The number of hydrogen-bond acceptors (Lipinski definition) is 2. The van der Waals surface area contributed by atoms with Crippen molar-refractivity contribution in [2.24, 2.45) is 0 Å². The average Bonchev–Trinajstić information content (AvgIpc) is 2.39. The van der Waals surface area contributed by atoms with Gasteiger partial charge in [0.15, 0.2) is 0 Å². The van der Waals surface area contributed by atoms with E-state index in [9.17, 15) is 14.7 Å². The fraction of sp³-hybridized carbons (Fsp3) is 0.600. The van der Waals surface area contributed by atoms with Gasteiger partial charge in [0, 0.05) is 12.7 Å². The summed E-state index contributed by atoms with van der Waals surface area (Å²) in [6.45, 7) is 2.73. The molecule has 1 heterocycles. The SMILES string of the molecule is CCCCCn1cc2c(c(C(=O)O)c1=O)CCCC2. The summed E-state index contributed by atoms with van der Waals surface area (Å²) in [6.07, 6.45) is 8.64. The van der Waals surface area contributed by atoms with Gasteiger partial charge in [0.2, 0.25) is 0 Å². The zero-order chi connectivity index (χ0) is 13.8. The summed E-state index contributed by atoms with van der Waals surface area (Å²) < 4.78 is 1.60. The minimum Gasteiger partial charge on any atom is -0.477 e. The molecule has 0 aliphatic heterocycles. The van der Waals surface area contributed by atoms with Crippen molar-refractivity contribution in [3.05, 3.63) is 33.2 Å². The van der Waals surface area contributed by atoms with Gasteiger partial charge >= 0.3 is 5.97 Å². The fourth-order valence-electron chi connectivity index (χ4n) is 2.79. The van der Waals surface area contributed by atoms with Gasteiger partial charge in [-0.25, -0.2) is 4.79 Å². The minimum absolute atomic E-state index is 0.00805. The Balaban J connectivity index is 2.42. The summed E-state index contributed by atoms with van der Waals surface area (Å²) in [6, 6.07) is 0. The molecule has 0 unspecified atom stereocenters. The smallest absolute Gasteiger partial charge is 0.341 e. The van der Waals surface area contributed by atoms with Crippen LogP contribution in [0.15, 0.2) is 11.0 Å². The van der Waals surface area contributed by atoms with Crippen molar-refractivity contribution in [3.8, 4) is 0 Å². The van der Waals surface area contributed by atoms with Crippen LogP contribution in [0.5, 0.6) is 0 Å². The molecular formula is C15H21NO3. The maximum Gasteiger partial charge on any atom is 0.341 e. The zero-order valence-electron chi connectivity index (χ0n) is 11.4. The molecule has 19 heavy (non-hydrogen) atoms. The van der Waals surface area contributed by atoms with Crippen molar-refractivity contribution in [1.82, 2.24) is 4.57 Å². The summed E-state index contributed by atoms with van der Waals surface area (Å²) in [5.74, 6) is -1.08. The maximum absolute atomic E-state index is 12.3. The summed E-state index contributed by atoms with van der Waals surface area (Å²) >= 11 is 0. The van der Waals surface area contributed by atoms with Gasteiger partial charge < -0.3 is 9.67 Å². The number of aromatic nitrogens is 1. The van der Waals surface area contributed by atoms with Crippen LogP contribution in [0.4, 0.5) is 0 Å². The van der Waals surface area contributed by atoms with E-state index in [1.165, 1.54) is 0 Å². The number of aryl methyl sites for hydroxylation is 2. The number of aromatic carboxylic acids is 1. The molecule has 104 valence electrons. The third kappa shape index (κ3) is 2.88. The normalized spacial score (nSPS) is 14.2. The predicted octanol–water partition coefficient (Wildman–Crippen LogP) is 2.62. The van der Waals surface area contributed by atoms with Crippen molar-refractivity contribution >= 4 is 5.97 Å². The van der Waals surface area contributed by atoms with Gasteiger partial charge in [0.1, 0.15) is 5.56 Å². The van der Waals surface area contributed by atoms with Crippen molar-refractivity contribution in [2.75, 3.05) is 0 Å². The molecule has 4 heteroatoms. The first-order valence-corrected chi connectivity index (χ1v) is 7.13. The lowest BCUT2D eigenvalue weighted by Gasteiger charge is -2.19.